The van der Waals surface area contributed by atoms with Gasteiger partial charge < -0.3 is 20.9 Å². The Balaban J connectivity index is 2.02. The summed E-state index contributed by atoms with van der Waals surface area (Å²) in [7, 11) is 0. The molecule has 1 aromatic heterocycles. The molecule has 3 N–H and O–H groups in total. The van der Waals surface area contributed by atoms with Crippen molar-refractivity contribution in [2.75, 3.05) is 26.2 Å². The molecule has 1 aliphatic heterocycles. The number of likely N-dealkylation sites (tertiary alicyclic amines) is 1. The topological polar surface area (TPSA) is 73.5 Å². The van der Waals surface area contributed by atoms with Crippen LogP contribution in [0.2, 0.25) is 0 Å². The molecule has 0 saturated carbocycles. The second kappa shape index (κ2) is 10.6. The molecule has 0 bridgehead atoms. The average Bonchev–Trinajstić information content (AvgIpc) is 3.19. The summed E-state index contributed by atoms with van der Waals surface area (Å²) in [6, 6.07) is 3.10. The largest absolute Gasteiger partial charge is 0.363 e. The van der Waals surface area contributed by atoms with E-state index in [9.17, 15) is 9.59 Å². The van der Waals surface area contributed by atoms with Gasteiger partial charge in [0.1, 0.15) is 6.04 Å². The number of rotatable bonds is 7. The zero-order valence-electron chi connectivity index (χ0n) is 16.3. The quantitative estimate of drug-likeness (QED) is 0.601. The van der Waals surface area contributed by atoms with Crippen molar-refractivity contribution in [3.05, 3.63) is 22.4 Å². The summed E-state index contributed by atoms with van der Waals surface area (Å²) >= 11 is 6.77. The lowest BCUT2D eigenvalue weighted by Gasteiger charge is -2.37. The minimum absolute atomic E-state index is 0.0960. The third kappa shape index (κ3) is 6.46. The van der Waals surface area contributed by atoms with Crippen LogP contribution in [-0.4, -0.2) is 54.0 Å². The predicted molar refractivity (Wildman–Crippen MR) is 114 cm³/mol. The molecule has 1 aliphatic rings. The second-order valence-electron chi connectivity index (χ2n) is 7.23. The van der Waals surface area contributed by atoms with E-state index in [1.807, 2.05) is 18.4 Å². The Labute approximate surface area is 171 Å². The van der Waals surface area contributed by atoms with Crippen molar-refractivity contribution in [1.29, 1.82) is 0 Å². The number of carbonyl (C=O) groups is 2. The predicted octanol–water partition coefficient (Wildman–Crippen LogP) is 2.23. The van der Waals surface area contributed by atoms with E-state index in [0.29, 0.717) is 17.3 Å². The van der Waals surface area contributed by atoms with Crippen molar-refractivity contribution in [3.63, 3.8) is 0 Å². The van der Waals surface area contributed by atoms with Gasteiger partial charge in [0.25, 0.3) is 5.91 Å². The van der Waals surface area contributed by atoms with Gasteiger partial charge in [0, 0.05) is 26.2 Å². The van der Waals surface area contributed by atoms with E-state index in [-0.39, 0.29) is 17.7 Å². The zero-order chi connectivity index (χ0) is 19.8. The van der Waals surface area contributed by atoms with E-state index >= 15 is 0 Å². The summed E-state index contributed by atoms with van der Waals surface area (Å²) in [6.45, 7) is 9.12. The molecule has 2 heterocycles. The molecule has 0 aliphatic carbocycles. The molecule has 2 rings (SSSR count). The highest BCUT2D eigenvalue weighted by Crippen LogP contribution is 2.22. The number of hydrogen-bond acceptors (Lipinski definition) is 4. The molecule has 0 radical (unpaired) electrons. The lowest BCUT2D eigenvalue weighted by molar-refractivity contribution is -0.124. The van der Waals surface area contributed by atoms with E-state index in [1.54, 1.807) is 6.07 Å². The van der Waals surface area contributed by atoms with Crippen LogP contribution in [-0.2, 0) is 4.79 Å². The van der Waals surface area contributed by atoms with Crippen LogP contribution in [0.3, 0.4) is 0 Å². The van der Waals surface area contributed by atoms with Crippen molar-refractivity contribution in [2.45, 2.75) is 39.7 Å². The normalized spacial score (nSPS) is 16.1. The van der Waals surface area contributed by atoms with Gasteiger partial charge in [0.2, 0.25) is 5.91 Å². The highest BCUT2D eigenvalue weighted by atomic mass is 32.1. The molecule has 1 fully saturated rings. The number of nitrogens with zero attached hydrogens (tertiary/aromatic N) is 1. The van der Waals surface area contributed by atoms with E-state index in [4.69, 9.17) is 12.2 Å². The third-order valence-corrected chi connectivity index (χ3v) is 5.90. The molecule has 150 valence electrons. The first-order valence-electron chi connectivity index (χ1n) is 9.57. The molecule has 0 aromatic carbocycles. The number of hydrogen-bond donors (Lipinski definition) is 3. The van der Waals surface area contributed by atoms with Crippen molar-refractivity contribution >= 4 is 40.5 Å². The molecule has 2 amide bonds. The van der Waals surface area contributed by atoms with Crippen LogP contribution < -0.4 is 16.0 Å². The van der Waals surface area contributed by atoms with Gasteiger partial charge in [-0.1, -0.05) is 19.9 Å². The van der Waals surface area contributed by atoms with Gasteiger partial charge >= 0.3 is 0 Å². The van der Waals surface area contributed by atoms with Crippen LogP contribution >= 0.6 is 23.6 Å². The number of thiophene rings is 1. The van der Waals surface area contributed by atoms with Gasteiger partial charge in [-0.15, -0.1) is 11.3 Å². The van der Waals surface area contributed by atoms with E-state index in [0.717, 1.165) is 37.6 Å². The minimum atomic E-state index is -0.520. The fraction of sp³-hybridized carbons (Fsp3) is 0.632. The van der Waals surface area contributed by atoms with Gasteiger partial charge in [0.05, 0.1) is 4.88 Å². The van der Waals surface area contributed by atoms with E-state index in [1.165, 1.54) is 11.3 Å². The average molecular weight is 411 g/mol. The molecule has 8 heteroatoms. The molecule has 1 atom stereocenters. The Hall–Kier alpha value is -1.67. The molecule has 1 saturated heterocycles. The summed E-state index contributed by atoms with van der Waals surface area (Å²) in [5.41, 5.74) is 0. The van der Waals surface area contributed by atoms with Crippen LogP contribution in [0.4, 0.5) is 0 Å². The summed E-state index contributed by atoms with van der Waals surface area (Å²) in [4.78, 5) is 28.1. The Morgan fingerprint density at radius 2 is 2.00 bits per heavy atom. The summed E-state index contributed by atoms with van der Waals surface area (Å²) in [5.74, 6) is 0.185. The molecule has 6 nitrogen and oxygen atoms in total. The monoisotopic (exact) mass is 410 g/mol. The molecule has 0 spiro atoms. The first-order chi connectivity index (χ1) is 12.9. The van der Waals surface area contributed by atoms with Gasteiger partial charge in [-0.05, 0) is 55.3 Å². The zero-order valence-corrected chi connectivity index (χ0v) is 17.9. The standard InChI is InChI=1S/C19H30N4O2S2/c1-4-20-19(26)23-9-7-14(8-10-23)16(18(25)21-12-13(2)3)22-17(24)15-6-5-11-27-15/h5-6,11,13-14,16H,4,7-10,12H2,1-3H3,(H,20,26)(H,21,25)(H,22,24). The maximum absolute atomic E-state index is 12.8. The van der Waals surface area contributed by atoms with Crippen LogP contribution in [0.5, 0.6) is 0 Å². The first kappa shape index (κ1) is 21.6. The van der Waals surface area contributed by atoms with Gasteiger partial charge in [-0.2, -0.15) is 0 Å². The van der Waals surface area contributed by atoms with Crippen molar-refractivity contribution in [3.8, 4) is 0 Å². The highest BCUT2D eigenvalue weighted by Gasteiger charge is 2.33. The first-order valence-corrected chi connectivity index (χ1v) is 10.9. The lowest BCUT2D eigenvalue weighted by atomic mass is 9.88. The summed E-state index contributed by atoms with van der Waals surface area (Å²) < 4.78 is 0. The van der Waals surface area contributed by atoms with Gasteiger partial charge in [-0.3, -0.25) is 9.59 Å². The second-order valence-corrected chi connectivity index (χ2v) is 8.56. The molecule has 1 unspecified atom stereocenters. The summed E-state index contributed by atoms with van der Waals surface area (Å²) in [5, 5.41) is 11.8. The number of carbonyl (C=O) groups excluding carboxylic acids is 2. The molecule has 1 aromatic rings. The summed E-state index contributed by atoms with van der Waals surface area (Å²) in [6.07, 6.45) is 1.63. The van der Waals surface area contributed by atoms with Crippen molar-refractivity contribution in [2.24, 2.45) is 11.8 Å². The Kier molecular flexibility index (Phi) is 8.50. The van der Waals surface area contributed by atoms with Crippen molar-refractivity contribution < 1.29 is 9.59 Å². The van der Waals surface area contributed by atoms with E-state index in [2.05, 4.69) is 34.7 Å². The smallest absolute Gasteiger partial charge is 0.262 e. The van der Waals surface area contributed by atoms with Gasteiger partial charge in [0.15, 0.2) is 5.11 Å². The lowest BCUT2D eigenvalue weighted by Crippen LogP contribution is -2.54. The Bertz CT molecular complexity index is 626. The van der Waals surface area contributed by atoms with Gasteiger partial charge in [-0.25, -0.2) is 0 Å². The third-order valence-electron chi connectivity index (χ3n) is 4.62. The van der Waals surface area contributed by atoms with Crippen LogP contribution in [0.15, 0.2) is 17.5 Å². The molecule has 27 heavy (non-hydrogen) atoms. The number of piperidine rings is 1. The van der Waals surface area contributed by atoms with E-state index < -0.39 is 6.04 Å². The Morgan fingerprint density at radius 1 is 1.30 bits per heavy atom. The number of amides is 2. The minimum Gasteiger partial charge on any atom is -0.363 e. The molecular weight excluding hydrogens is 380 g/mol. The number of nitrogens with one attached hydrogen (secondary N) is 3. The Morgan fingerprint density at radius 3 is 2.56 bits per heavy atom. The maximum atomic E-state index is 12.8. The van der Waals surface area contributed by atoms with Crippen LogP contribution in [0.1, 0.15) is 43.3 Å². The fourth-order valence-electron chi connectivity index (χ4n) is 3.13. The van der Waals surface area contributed by atoms with Crippen LogP contribution in [0.25, 0.3) is 0 Å². The maximum Gasteiger partial charge on any atom is 0.262 e. The van der Waals surface area contributed by atoms with Crippen molar-refractivity contribution in [1.82, 2.24) is 20.9 Å². The SMILES string of the molecule is CCNC(=S)N1CCC(C(NC(=O)c2cccs2)C(=O)NCC(C)C)CC1. The fourth-order valence-corrected chi connectivity index (χ4v) is 4.08. The highest BCUT2D eigenvalue weighted by molar-refractivity contribution is 7.80. The molecular formula is C19H30N4O2S2. The number of thiocarbonyl (C=S) groups is 1. The van der Waals surface area contributed by atoms with Crippen LogP contribution in [0, 0.1) is 11.8 Å².